The standard InChI is InChI=1S/C18H21NO/c1-17(2)13-14-19(20)18(17,15-9-5-3-6-10-15)16-11-7-4-8-12-16/h3-12,20H,13-14H2,1-2H3. The van der Waals surface area contributed by atoms with E-state index in [0.717, 1.165) is 17.5 Å². The first-order chi connectivity index (χ1) is 9.59. The van der Waals surface area contributed by atoms with Gasteiger partial charge in [0.2, 0.25) is 0 Å². The molecule has 2 nitrogen and oxygen atoms in total. The molecule has 1 aliphatic heterocycles. The van der Waals surface area contributed by atoms with Crippen LogP contribution in [-0.2, 0) is 5.54 Å². The number of benzene rings is 2. The summed E-state index contributed by atoms with van der Waals surface area (Å²) >= 11 is 0. The Morgan fingerprint density at radius 3 is 1.65 bits per heavy atom. The summed E-state index contributed by atoms with van der Waals surface area (Å²) in [4.78, 5) is 0. The van der Waals surface area contributed by atoms with Crippen molar-refractivity contribution >= 4 is 0 Å². The molecule has 0 spiro atoms. The van der Waals surface area contributed by atoms with E-state index < -0.39 is 5.54 Å². The van der Waals surface area contributed by atoms with Crippen LogP contribution in [0, 0.1) is 5.41 Å². The van der Waals surface area contributed by atoms with Crippen LogP contribution >= 0.6 is 0 Å². The zero-order valence-electron chi connectivity index (χ0n) is 12.1. The molecule has 2 heteroatoms. The van der Waals surface area contributed by atoms with Gasteiger partial charge < -0.3 is 5.21 Å². The fraction of sp³-hybridized carbons (Fsp3) is 0.333. The Hall–Kier alpha value is -1.64. The highest BCUT2D eigenvalue weighted by molar-refractivity contribution is 5.42. The summed E-state index contributed by atoms with van der Waals surface area (Å²) in [5.41, 5.74) is 1.78. The second-order valence-corrected chi connectivity index (χ2v) is 6.20. The van der Waals surface area contributed by atoms with Crippen LogP contribution in [0.25, 0.3) is 0 Å². The van der Waals surface area contributed by atoms with E-state index in [4.69, 9.17) is 0 Å². The molecule has 1 aliphatic rings. The monoisotopic (exact) mass is 267 g/mol. The number of hydroxylamine groups is 2. The smallest absolute Gasteiger partial charge is 0.101 e. The van der Waals surface area contributed by atoms with Gasteiger partial charge in [0.15, 0.2) is 0 Å². The SMILES string of the molecule is CC1(C)CCN(O)C1(c1ccccc1)c1ccccc1. The molecule has 104 valence electrons. The minimum Gasteiger partial charge on any atom is -0.313 e. The van der Waals surface area contributed by atoms with Gasteiger partial charge in [0.1, 0.15) is 5.54 Å². The van der Waals surface area contributed by atoms with Gasteiger partial charge in [-0.05, 0) is 23.0 Å². The maximum absolute atomic E-state index is 10.7. The molecule has 0 unspecified atom stereocenters. The Morgan fingerprint density at radius 1 is 0.850 bits per heavy atom. The van der Waals surface area contributed by atoms with E-state index in [2.05, 4.69) is 38.1 Å². The van der Waals surface area contributed by atoms with Crippen LogP contribution in [0.1, 0.15) is 31.4 Å². The predicted octanol–water partition coefficient (Wildman–Crippen LogP) is 4.05. The van der Waals surface area contributed by atoms with Crippen molar-refractivity contribution < 1.29 is 5.21 Å². The molecule has 0 aromatic heterocycles. The third kappa shape index (κ3) is 1.72. The molecule has 0 aliphatic carbocycles. The molecule has 3 rings (SSSR count). The summed E-state index contributed by atoms with van der Waals surface area (Å²) in [5.74, 6) is 0. The normalized spacial score (nSPS) is 20.9. The lowest BCUT2D eigenvalue weighted by molar-refractivity contribution is -0.157. The molecular weight excluding hydrogens is 246 g/mol. The van der Waals surface area contributed by atoms with Crippen LogP contribution in [0.5, 0.6) is 0 Å². The number of hydrogen-bond acceptors (Lipinski definition) is 2. The molecule has 0 saturated carbocycles. The van der Waals surface area contributed by atoms with Gasteiger partial charge in [0.05, 0.1) is 0 Å². The van der Waals surface area contributed by atoms with Gasteiger partial charge in [-0.15, -0.1) is 0 Å². The largest absolute Gasteiger partial charge is 0.313 e. The molecule has 2 aromatic carbocycles. The fourth-order valence-electron chi connectivity index (χ4n) is 3.69. The lowest BCUT2D eigenvalue weighted by Gasteiger charge is -2.45. The molecule has 0 atom stereocenters. The lowest BCUT2D eigenvalue weighted by Crippen LogP contribution is -2.48. The molecular formula is C18H21NO. The van der Waals surface area contributed by atoms with E-state index in [9.17, 15) is 5.21 Å². The van der Waals surface area contributed by atoms with Gasteiger partial charge in [0.25, 0.3) is 0 Å². The van der Waals surface area contributed by atoms with Crippen LogP contribution in [0.15, 0.2) is 60.7 Å². The third-order valence-corrected chi connectivity index (χ3v) is 4.70. The topological polar surface area (TPSA) is 23.5 Å². The summed E-state index contributed by atoms with van der Waals surface area (Å²) in [6.07, 6.45) is 0.966. The quantitative estimate of drug-likeness (QED) is 0.887. The average Bonchev–Trinajstić information content (AvgIpc) is 2.72. The Morgan fingerprint density at radius 2 is 1.30 bits per heavy atom. The first-order valence-electron chi connectivity index (χ1n) is 7.16. The minimum absolute atomic E-state index is 0.0372. The number of nitrogens with zero attached hydrogens (tertiary/aromatic N) is 1. The number of rotatable bonds is 2. The van der Waals surface area contributed by atoms with Crippen molar-refractivity contribution in [2.24, 2.45) is 5.41 Å². The van der Waals surface area contributed by atoms with Crippen LogP contribution in [0.4, 0.5) is 0 Å². The lowest BCUT2D eigenvalue weighted by atomic mass is 9.65. The summed E-state index contributed by atoms with van der Waals surface area (Å²) in [6, 6.07) is 20.7. The van der Waals surface area contributed by atoms with Crippen molar-refractivity contribution in [2.75, 3.05) is 6.54 Å². The average molecular weight is 267 g/mol. The maximum Gasteiger partial charge on any atom is 0.101 e. The second kappa shape index (κ2) is 4.72. The van der Waals surface area contributed by atoms with Gasteiger partial charge in [-0.25, -0.2) is 0 Å². The molecule has 2 aromatic rings. The molecule has 1 N–H and O–H groups in total. The number of hydrogen-bond donors (Lipinski definition) is 1. The second-order valence-electron chi connectivity index (χ2n) is 6.20. The zero-order valence-corrected chi connectivity index (χ0v) is 12.1. The molecule has 0 bridgehead atoms. The molecule has 1 heterocycles. The van der Waals surface area contributed by atoms with E-state index in [1.807, 2.05) is 36.4 Å². The molecule has 0 amide bonds. The van der Waals surface area contributed by atoms with Crippen molar-refractivity contribution in [1.82, 2.24) is 5.06 Å². The minimum atomic E-state index is -0.477. The van der Waals surface area contributed by atoms with E-state index >= 15 is 0 Å². The van der Waals surface area contributed by atoms with Crippen LogP contribution in [0.3, 0.4) is 0 Å². The van der Waals surface area contributed by atoms with E-state index in [1.165, 1.54) is 5.06 Å². The van der Waals surface area contributed by atoms with Gasteiger partial charge in [-0.2, -0.15) is 5.06 Å². The Bertz CT molecular complexity index is 537. The third-order valence-electron chi connectivity index (χ3n) is 4.70. The summed E-state index contributed by atoms with van der Waals surface area (Å²) < 4.78 is 0. The Labute approximate surface area is 120 Å². The highest BCUT2D eigenvalue weighted by Crippen LogP contribution is 2.54. The van der Waals surface area contributed by atoms with Crippen LogP contribution in [0.2, 0.25) is 0 Å². The maximum atomic E-state index is 10.7. The predicted molar refractivity (Wildman–Crippen MR) is 80.6 cm³/mol. The van der Waals surface area contributed by atoms with Gasteiger partial charge in [0, 0.05) is 6.54 Å². The first-order valence-corrected chi connectivity index (χ1v) is 7.16. The highest BCUT2D eigenvalue weighted by Gasteiger charge is 2.56. The fourth-order valence-corrected chi connectivity index (χ4v) is 3.69. The Kier molecular flexibility index (Phi) is 3.15. The van der Waals surface area contributed by atoms with Gasteiger partial charge in [-0.3, -0.25) is 0 Å². The summed E-state index contributed by atoms with van der Waals surface area (Å²) in [6.45, 7) is 5.17. The molecule has 20 heavy (non-hydrogen) atoms. The van der Waals surface area contributed by atoms with E-state index in [0.29, 0.717) is 6.54 Å². The van der Waals surface area contributed by atoms with Gasteiger partial charge in [-0.1, -0.05) is 74.5 Å². The van der Waals surface area contributed by atoms with Crippen molar-refractivity contribution in [2.45, 2.75) is 25.8 Å². The van der Waals surface area contributed by atoms with Crippen molar-refractivity contribution in [3.05, 3.63) is 71.8 Å². The van der Waals surface area contributed by atoms with Crippen molar-refractivity contribution in [1.29, 1.82) is 0 Å². The van der Waals surface area contributed by atoms with Crippen molar-refractivity contribution in [3.8, 4) is 0 Å². The zero-order chi connectivity index (χ0) is 14.2. The molecule has 0 radical (unpaired) electrons. The van der Waals surface area contributed by atoms with Crippen molar-refractivity contribution in [3.63, 3.8) is 0 Å². The van der Waals surface area contributed by atoms with Crippen LogP contribution < -0.4 is 0 Å². The van der Waals surface area contributed by atoms with E-state index in [-0.39, 0.29) is 5.41 Å². The molecule has 1 fully saturated rings. The first kappa shape index (κ1) is 13.3. The van der Waals surface area contributed by atoms with Crippen LogP contribution in [-0.4, -0.2) is 16.8 Å². The summed E-state index contributed by atoms with van der Waals surface area (Å²) in [7, 11) is 0. The summed E-state index contributed by atoms with van der Waals surface area (Å²) in [5, 5.41) is 12.2. The molecule has 1 saturated heterocycles. The van der Waals surface area contributed by atoms with E-state index in [1.54, 1.807) is 0 Å². The Balaban J connectivity index is 2.29. The highest BCUT2D eigenvalue weighted by atomic mass is 16.5. The van der Waals surface area contributed by atoms with Gasteiger partial charge >= 0.3 is 0 Å².